The van der Waals surface area contributed by atoms with Gasteiger partial charge in [-0.15, -0.1) is 0 Å². The van der Waals surface area contributed by atoms with Crippen molar-refractivity contribution in [2.24, 2.45) is 0 Å². The highest BCUT2D eigenvalue weighted by Crippen LogP contribution is 2.21. The van der Waals surface area contributed by atoms with Crippen LogP contribution in [0.1, 0.15) is 18.1 Å². The van der Waals surface area contributed by atoms with Crippen molar-refractivity contribution in [2.45, 2.75) is 20.0 Å². The molecule has 168 valence electrons. The zero-order chi connectivity index (χ0) is 23.2. The van der Waals surface area contributed by atoms with Gasteiger partial charge in [0.2, 0.25) is 0 Å². The van der Waals surface area contributed by atoms with Crippen LogP contribution in [0.15, 0.2) is 83.7 Å². The summed E-state index contributed by atoms with van der Waals surface area (Å²) in [5.74, 6) is 0.766. The molecule has 0 spiro atoms. The molecular formula is C26H24ClN3O2S. The summed E-state index contributed by atoms with van der Waals surface area (Å²) in [6.45, 7) is 3.41. The first-order valence-electron chi connectivity index (χ1n) is 10.7. The lowest BCUT2D eigenvalue weighted by molar-refractivity contribution is 0.340. The van der Waals surface area contributed by atoms with Crippen molar-refractivity contribution >= 4 is 45.5 Å². The van der Waals surface area contributed by atoms with Crippen molar-refractivity contribution in [1.82, 2.24) is 9.88 Å². The molecule has 0 saturated heterocycles. The summed E-state index contributed by atoms with van der Waals surface area (Å²) in [5, 5.41) is 5.28. The molecule has 0 unspecified atom stereocenters. The Morgan fingerprint density at radius 3 is 2.61 bits per heavy atom. The zero-order valence-electron chi connectivity index (χ0n) is 18.2. The van der Waals surface area contributed by atoms with Crippen molar-refractivity contribution < 1.29 is 4.74 Å². The summed E-state index contributed by atoms with van der Waals surface area (Å²) in [5.41, 5.74) is 3.11. The fourth-order valence-electron chi connectivity index (χ4n) is 3.58. The first kappa shape index (κ1) is 22.8. The van der Waals surface area contributed by atoms with Crippen LogP contribution < -0.4 is 15.6 Å². The molecule has 0 saturated carbocycles. The summed E-state index contributed by atoms with van der Waals surface area (Å²) in [7, 11) is 0. The van der Waals surface area contributed by atoms with Crippen molar-refractivity contribution in [3.05, 3.63) is 105 Å². The largest absolute Gasteiger partial charge is 0.494 e. The van der Waals surface area contributed by atoms with Crippen molar-refractivity contribution in [1.29, 1.82) is 0 Å². The van der Waals surface area contributed by atoms with Crippen LogP contribution in [0.4, 0.5) is 5.69 Å². The van der Waals surface area contributed by atoms with Gasteiger partial charge in [-0.25, -0.2) is 0 Å². The number of aromatic amines is 1. The summed E-state index contributed by atoms with van der Waals surface area (Å²) in [4.78, 5) is 17.8. The maximum absolute atomic E-state index is 12.9. The van der Waals surface area contributed by atoms with Crippen LogP contribution in [0.5, 0.6) is 5.75 Å². The molecule has 2 N–H and O–H groups in total. The Labute approximate surface area is 203 Å². The molecule has 0 aliphatic heterocycles. The molecule has 33 heavy (non-hydrogen) atoms. The number of benzene rings is 3. The highest BCUT2D eigenvalue weighted by molar-refractivity contribution is 7.80. The van der Waals surface area contributed by atoms with E-state index >= 15 is 0 Å². The van der Waals surface area contributed by atoms with Gasteiger partial charge in [-0.3, -0.25) is 4.79 Å². The van der Waals surface area contributed by atoms with E-state index in [1.807, 2.05) is 90.7 Å². The number of H-pyrrole nitrogens is 1. The maximum atomic E-state index is 12.9. The third-order valence-corrected chi connectivity index (χ3v) is 5.74. The second-order valence-corrected chi connectivity index (χ2v) is 8.41. The molecule has 3 aromatic carbocycles. The van der Waals surface area contributed by atoms with Gasteiger partial charge in [-0.1, -0.05) is 48.0 Å². The third kappa shape index (κ3) is 5.92. The number of nitrogens with zero attached hydrogens (tertiary/aromatic N) is 1. The SMILES string of the molecule is CCOc1ccc2[nH]c(=O)c(CN(Cc3ccccc3)C(=S)Nc3cccc(Cl)c3)cc2c1. The number of fused-ring (bicyclic) bond motifs is 1. The third-order valence-electron chi connectivity index (χ3n) is 5.14. The van der Waals surface area contributed by atoms with Crippen molar-refractivity contribution in [2.75, 3.05) is 11.9 Å². The average molecular weight is 478 g/mol. The van der Waals surface area contributed by atoms with E-state index in [2.05, 4.69) is 10.3 Å². The zero-order valence-corrected chi connectivity index (χ0v) is 19.7. The van der Waals surface area contributed by atoms with E-state index in [0.29, 0.717) is 35.4 Å². The Balaban J connectivity index is 1.65. The Morgan fingerprint density at radius 1 is 1.03 bits per heavy atom. The van der Waals surface area contributed by atoms with Crippen molar-refractivity contribution in [3.8, 4) is 5.75 Å². The minimum Gasteiger partial charge on any atom is -0.494 e. The molecule has 0 bridgehead atoms. The maximum Gasteiger partial charge on any atom is 0.253 e. The van der Waals surface area contributed by atoms with E-state index in [9.17, 15) is 4.79 Å². The Morgan fingerprint density at radius 2 is 1.85 bits per heavy atom. The molecule has 0 amide bonds. The van der Waals surface area contributed by atoms with Gasteiger partial charge in [0.05, 0.1) is 13.2 Å². The average Bonchev–Trinajstić information content (AvgIpc) is 2.80. The normalized spacial score (nSPS) is 10.7. The van der Waals surface area contributed by atoms with Gasteiger partial charge in [-0.2, -0.15) is 0 Å². The smallest absolute Gasteiger partial charge is 0.253 e. The first-order chi connectivity index (χ1) is 16.0. The predicted octanol–water partition coefficient (Wildman–Crippen LogP) is 5.98. The minimum atomic E-state index is -0.143. The van der Waals surface area contributed by atoms with Crippen LogP contribution in [0, 0.1) is 0 Å². The lowest BCUT2D eigenvalue weighted by Crippen LogP contribution is -2.35. The Kier molecular flexibility index (Phi) is 7.27. The number of thiocarbonyl (C=S) groups is 1. The first-order valence-corrected chi connectivity index (χ1v) is 11.4. The van der Waals surface area contributed by atoms with Crippen LogP contribution in [-0.4, -0.2) is 21.6 Å². The molecule has 7 heteroatoms. The molecular weight excluding hydrogens is 454 g/mol. The van der Waals surface area contributed by atoms with E-state index in [1.54, 1.807) is 0 Å². The van der Waals surface area contributed by atoms with Gasteiger partial charge >= 0.3 is 0 Å². The topological polar surface area (TPSA) is 57.4 Å². The predicted molar refractivity (Wildman–Crippen MR) is 139 cm³/mol. The second-order valence-electron chi connectivity index (χ2n) is 7.59. The van der Waals surface area contributed by atoms with E-state index in [1.165, 1.54) is 0 Å². The van der Waals surface area contributed by atoms with Crippen LogP contribution in [-0.2, 0) is 13.1 Å². The molecule has 0 aliphatic rings. The highest BCUT2D eigenvalue weighted by atomic mass is 35.5. The number of hydrogen-bond acceptors (Lipinski definition) is 3. The molecule has 0 atom stereocenters. The van der Waals surface area contributed by atoms with E-state index in [0.717, 1.165) is 27.9 Å². The molecule has 0 fully saturated rings. The van der Waals surface area contributed by atoms with E-state index in [-0.39, 0.29) is 5.56 Å². The number of rotatable bonds is 7. The summed E-state index contributed by atoms with van der Waals surface area (Å²) < 4.78 is 5.61. The number of halogens is 1. The summed E-state index contributed by atoms with van der Waals surface area (Å²) in [6.07, 6.45) is 0. The molecule has 5 nitrogen and oxygen atoms in total. The molecule has 1 heterocycles. The Bertz CT molecular complexity index is 1320. The standard InChI is InChI=1S/C26H24ClN3O2S/c1-2-32-23-11-12-24-19(14-23)13-20(25(31)29-24)17-30(16-18-7-4-3-5-8-18)26(33)28-22-10-6-9-21(27)15-22/h3-15H,2,16-17H2,1H3,(H,28,33)(H,29,31). The number of aromatic nitrogens is 1. The van der Waals surface area contributed by atoms with Gasteiger partial charge in [0, 0.05) is 33.7 Å². The monoisotopic (exact) mass is 477 g/mol. The quantitative estimate of drug-likeness (QED) is 0.321. The van der Waals surface area contributed by atoms with Crippen LogP contribution in [0.3, 0.4) is 0 Å². The number of hydrogen-bond donors (Lipinski definition) is 2. The van der Waals surface area contributed by atoms with Crippen LogP contribution >= 0.6 is 23.8 Å². The fourth-order valence-corrected chi connectivity index (χ4v) is 4.02. The summed E-state index contributed by atoms with van der Waals surface area (Å²) >= 11 is 11.9. The fraction of sp³-hybridized carbons (Fsp3) is 0.154. The number of ether oxygens (including phenoxy) is 1. The number of pyridine rings is 1. The van der Waals surface area contributed by atoms with Gasteiger partial charge in [0.15, 0.2) is 5.11 Å². The summed E-state index contributed by atoms with van der Waals surface area (Å²) in [6, 6.07) is 24.9. The van der Waals surface area contributed by atoms with Gasteiger partial charge in [0.25, 0.3) is 5.56 Å². The van der Waals surface area contributed by atoms with Gasteiger partial charge in [-0.05, 0) is 67.2 Å². The lowest BCUT2D eigenvalue weighted by atomic mass is 10.1. The van der Waals surface area contributed by atoms with E-state index in [4.69, 9.17) is 28.6 Å². The highest BCUT2D eigenvalue weighted by Gasteiger charge is 2.15. The molecule has 0 radical (unpaired) electrons. The number of anilines is 1. The molecule has 4 rings (SSSR count). The molecule has 1 aromatic heterocycles. The van der Waals surface area contributed by atoms with Crippen LogP contribution in [0.2, 0.25) is 5.02 Å². The van der Waals surface area contributed by atoms with Crippen molar-refractivity contribution in [3.63, 3.8) is 0 Å². The van der Waals surface area contributed by atoms with Gasteiger partial charge < -0.3 is 19.9 Å². The van der Waals surface area contributed by atoms with Crippen LogP contribution in [0.25, 0.3) is 10.9 Å². The van der Waals surface area contributed by atoms with Gasteiger partial charge in [0.1, 0.15) is 5.75 Å². The second kappa shape index (κ2) is 10.5. The van der Waals surface area contributed by atoms with E-state index < -0.39 is 0 Å². The lowest BCUT2D eigenvalue weighted by Gasteiger charge is -2.26. The molecule has 4 aromatic rings. The molecule has 0 aliphatic carbocycles. The Hall–Kier alpha value is -3.35. The number of nitrogens with one attached hydrogen (secondary N) is 2. The minimum absolute atomic E-state index is 0.143.